The Morgan fingerprint density at radius 2 is 2.17 bits per heavy atom. The molecule has 0 amide bonds. The van der Waals surface area contributed by atoms with Crippen molar-refractivity contribution < 1.29 is 4.74 Å². The van der Waals surface area contributed by atoms with E-state index in [9.17, 15) is 0 Å². The maximum absolute atomic E-state index is 5.74. The van der Waals surface area contributed by atoms with Gasteiger partial charge in [0.1, 0.15) is 5.82 Å². The summed E-state index contributed by atoms with van der Waals surface area (Å²) in [5, 5.41) is 4.42. The molecule has 0 aliphatic heterocycles. The SMILES string of the molecule is CCC(COC)Nc1ccc2cc(N)ccc2n1. The molecule has 0 saturated carbocycles. The van der Waals surface area contributed by atoms with E-state index in [0.717, 1.165) is 28.8 Å². The smallest absolute Gasteiger partial charge is 0.126 e. The van der Waals surface area contributed by atoms with Crippen molar-refractivity contribution in [2.45, 2.75) is 19.4 Å². The summed E-state index contributed by atoms with van der Waals surface area (Å²) in [6, 6.07) is 10.0. The van der Waals surface area contributed by atoms with Gasteiger partial charge in [0.15, 0.2) is 0 Å². The summed E-state index contributed by atoms with van der Waals surface area (Å²) < 4.78 is 5.16. The van der Waals surface area contributed by atoms with E-state index in [1.54, 1.807) is 7.11 Å². The van der Waals surface area contributed by atoms with E-state index < -0.39 is 0 Å². The normalized spacial score (nSPS) is 12.6. The number of fused-ring (bicyclic) bond motifs is 1. The van der Waals surface area contributed by atoms with Crippen LogP contribution in [0.1, 0.15) is 13.3 Å². The van der Waals surface area contributed by atoms with Crippen molar-refractivity contribution >= 4 is 22.4 Å². The fraction of sp³-hybridized carbons (Fsp3) is 0.357. The molecule has 1 heterocycles. The third-order valence-electron chi connectivity index (χ3n) is 2.93. The molecule has 0 fully saturated rings. The quantitative estimate of drug-likeness (QED) is 0.795. The zero-order chi connectivity index (χ0) is 13.0. The zero-order valence-corrected chi connectivity index (χ0v) is 10.8. The Kier molecular flexibility index (Phi) is 3.99. The highest BCUT2D eigenvalue weighted by Crippen LogP contribution is 2.18. The number of rotatable bonds is 5. The highest BCUT2D eigenvalue weighted by molar-refractivity contribution is 5.83. The molecule has 0 aliphatic carbocycles. The highest BCUT2D eigenvalue weighted by atomic mass is 16.5. The number of nitrogens with two attached hydrogens (primary N) is 1. The number of hydrogen-bond acceptors (Lipinski definition) is 4. The summed E-state index contributed by atoms with van der Waals surface area (Å²) in [6.45, 7) is 2.80. The van der Waals surface area contributed by atoms with E-state index in [4.69, 9.17) is 10.5 Å². The molecule has 1 unspecified atom stereocenters. The van der Waals surface area contributed by atoms with Gasteiger partial charge in [0, 0.05) is 18.2 Å². The lowest BCUT2D eigenvalue weighted by Crippen LogP contribution is -2.24. The fourth-order valence-corrected chi connectivity index (χ4v) is 1.90. The van der Waals surface area contributed by atoms with Gasteiger partial charge in [0.25, 0.3) is 0 Å². The minimum atomic E-state index is 0.286. The van der Waals surface area contributed by atoms with Crippen molar-refractivity contribution in [2.24, 2.45) is 0 Å². The predicted molar refractivity (Wildman–Crippen MR) is 75.7 cm³/mol. The summed E-state index contributed by atoms with van der Waals surface area (Å²) >= 11 is 0. The van der Waals surface area contributed by atoms with E-state index in [2.05, 4.69) is 17.2 Å². The van der Waals surface area contributed by atoms with Gasteiger partial charge in [-0.15, -0.1) is 0 Å². The van der Waals surface area contributed by atoms with Gasteiger partial charge in [-0.25, -0.2) is 4.98 Å². The lowest BCUT2D eigenvalue weighted by Gasteiger charge is -2.16. The molecule has 0 bridgehead atoms. The fourth-order valence-electron chi connectivity index (χ4n) is 1.90. The first-order valence-electron chi connectivity index (χ1n) is 6.14. The van der Waals surface area contributed by atoms with Crippen LogP contribution in [-0.4, -0.2) is 24.7 Å². The number of hydrogen-bond donors (Lipinski definition) is 2. The monoisotopic (exact) mass is 245 g/mol. The van der Waals surface area contributed by atoms with Crippen molar-refractivity contribution in [2.75, 3.05) is 24.8 Å². The minimum absolute atomic E-state index is 0.286. The Labute approximate surface area is 107 Å². The van der Waals surface area contributed by atoms with Gasteiger partial charge < -0.3 is 15.8 Å². The number of nitrogens with one attached hydrogen (secondary N) is 1. The Balaban J connectivity index is 2.21. The third-order valence-corrected chi connectivity index (χ3v) is 2.93. The lowest BCUT2D eigenvalue weighted by atomic mass is 10.2. The van der Waals surface area contributed by atoms with E-state index in [1.165, 1.54) is 0 Å². The Bertz CT molecular complexity index is 527. The lowest BCUT2D eigenvalue weighted by molar-refractivity contribution is 0.184. The Morgan fingerprint density at radius 1 is 1.33 bits per heavy atom. The van der Waals surface area contributed by atoms with Gasteiger partial charge in [0.05, 0.1) is 18.2 Å². The van der Waals surface area contributed by atoms with E-state index >= 15 is 0 Å². The van der Waals surface area contributed by atoms with Crippen LogP contribution >= 0.6 is 0 Å². The van der Waals surface area contributed by atoms with E-state index in [1.807, 2.05) is 30.3 Å². The second-order valence-electron chi connectivity index (χ2n) is 4.35. The molecular weight excluding hydrogens is 226 g/mol. The minimum Gasteiger partial charge on any atom is -0.399 e. The van der Waals surface area contributed by atoms with E-state index in [0.29, 0.717) is 6.61 Å². The molecule has 2 aromatic rings. The number of ether oxygens (including phenoxy) is 1. The molecule has 3 N–H and O–H groups in total. The van der Waals surface area contributed by atoms with Gasteiger partial charge in [-0.05, 0) is 36.8 Å². The highest BCUT2D eigenvalue weighted by Gasteiger charge is 2.06. The van der Waals surface area contributed by atoms with Crippen molar-refractivity contribution in [1.82, 2.24) is 4.98 Å². The van der Waals surface area contributed by atoms with Crippen LogP contribution in [0.3, 0.4) is 0 Å². The summed E-state index contributed by atoms with van der Waals surface area (Å²) in [5.41, 5.74) is 7.45. The number of nitrogen functional groups attached to an aromatic ring is 1. The summed E-state index contributed by atoms with van der Waals surface area (Å²) in [4.78, 5) is 4.56. The number of anilines is 2. The molecule has 4 nitrogen and oxygen atoms in total. The van der Waals surface area contributed by atoms with Crippen LogP contribution in [0.2, 0.25) is 0 Å². The largest absolute Gasteiger partial charge is 0.399 e. The van der Waals surface area contributed by atoms with Crippen LogP contribution in [0, 0.1) is 0 Å². The topological polar surface area (TPSA) is 60.2 Å². The summed E-state index contributed by atoms with van der Waals surface area (Å²) in [6.07, 6.45) is 0.995. The van der Waals surface area contributed by atoms with Crippen LogP contribution in [0.4, 0.5) is 11.5 Å². The standard InChI is InChI=1S/C14H19N3O/c1-3-12(9-18-2)16-14-7-4-10-8-11(15)5-6-13(10)17-14/h4-8,12H,3,9,15H2,1-2H3,(H,16,17). The van der Waals surface area contributed by atoms with E-state index in [-0.39, 0.29) is 6.04 Å². The molecule has 18 heavy (non-hydrogen) atoms. The van der Waals surface area contributed by atoms with Crippen LogP contribution in [0.5, 0.6) is 0 Å². The average Bonchev–Trinajstić information content (AvgIpc) is 2.38. The molecule has 4 heteroatoms. The molecular formula is C14H19N3O. The number of methoxy groups -OCH3 is 1. The molecule has 0 radical (unpaired) electrons. The summed E-state index contributed by atoms with van der Waals surface area (Å²) in [5.74, 6) is 0.871. The van der Waals surface area contributed by atoms with Gasteiger partial charge >= 0.3 is 0 Å². The molecule has 2 rings (SSSR count). The van der Waals surface area contributed by atoms with Gasteiger partial charge in [-0.3, -0.25) is 0 Å². The van der Waals surface area contributed by atoms with Crippen molar-refractivity contribution in [3.8, 4) is 0 Å². The Morgan fingerprint density at radius 3 is 2.89 bits per heavy atom. The van der Waals surface area contributed by atoms with Crippen molar-refractivity contribution in [1.29, 1.82) is 0 Å². The number of aromatic nitrogens is 1. The van der Waals surface area contributed by atoms with Gasteiger partial charge in [-0.2, -0.15) is 0 Å². The van der Waals surface area contributed by atoms with Crippen molar-refractivity contribution in [3.05, 3.63) is 30.3 Å². The molecule has 0 spiro atoms. The third kappa shape index (κ3) is 2.90. The van der Waals surface area contributed by atoms with Crippen LogP contribution in [-0.2, 0) is 4.74 Å². The first-order valence-corrected chi connectivity index (χ1v) is 6.14. The van der Waals surface area contributed by atoms with Gasteiger partial charge in [-0.1, -0.05) is 6.92 Å². The maximum atomic E-state index is 5.74. The van der Waals surface area contributed by atoms with Gasteiger partial charge in [0.2, 0.25) is 0 Å². The molecule has 0 saturated heterocycles. The maximum Gasteiger partial charge on any atom is 0.126 e. The second kappa shape index (κ2) is 5.69. The van der Waals surface area contributed by atoms with Crippen LogP contribution in [0.25, 0.3) is 10.9 Å². The molecule has 1 aromatic heterocycles. The Hall–Kier alpha value is -1.81. The molecule has 0 aliphatic rings. The molecule has 1 aromatic carbocycles. The number of nitrogens with zero attached hydrogens (tertiary/aromatic N) is 1. The van der Waals surface area contributed by atoms with Crippen molar-refractivity contribution in [3.63, 3.8) is 0 Å². The average molecular weight is 245 g/mol. The molecule has 1 atom stereocenters. The zero-order valence-electron chi connectivity index (χ0n) is 10.8. The molecule has 96 valence electrons. The summed E-state index contributed by atoms with van der Waals surface area (Å²) in [7, 11) is 1.71. The van der Waals surface area contributed by atoms with Crippen LogP contribution in [0.15, 0.2) is 30.3 Å². The predicted octanol–water partition coefficient (Wildman–Crippen LogP) is 2.65. The van der Waals surface area contributed by atoms with Crippen LogP contribution < -0.4 is 11.1 Å². The first kappa shape index (κ1) is 12.6. The number of pyridine rings is 1. The number of benzene rings is 1. The first-order chi connectivity index (χ1) is 8.72. The second-order valence-corrected chi connectivity index (χ2v) is 4.35.